The van der Waals surface area contributed by atoms with Gasteiger partial charge < -0.3 is 10.2 Å². The minimum absolute atomic E-state index is 0.229. The molecule has 5 rings (SSSR count). The van der Waals surface area contributed by atoms with Crippen molar-refractivity contribution in [2.45, 2.75) is 58.4 Å². The van der Waals surface area contributed by atoms with Crippen LogP contribution in [0.5, 0.6) is 0 Å². The molecule has 1 saturated heterocycles. The van der Waals surface area contributed by atoms with Gasteiger partial charge in [-0.15, -0.1) is 0 Å². The molecule has 32 heavy (non-hydrogen) atoms. The predicted molar refractivity (Wildman–Crippen MR) is 128 cm³/mol. The Labute approximate surface area is 194 Å². The Balaban J connectivity index is 1.21. The smallest absolute Gasteiger partial charge is 0.225 e. The van der Waals surface area contributed by atoms with Crippen LogP contribution in [0, 0.1) is 12.8 Å². The molecule has 2 fully saturated rings. The Morgan fingerprint density at radius 3 is 2.66 bits per heavy atom. The minimum Gasteiger partial charge on any atom is -0.340 e. The number of hydrogen-bond donors (Lipinski definition) is 1. The number of carbonyl (C=O) groups is 2. The summed E-state index contributed by atoms with van der Waals surface area (Å²) in [6.07, 6.45) is 7.02. The number of aromatic nitrogens is 1. The zero-order chi connectivity index (χ0) is 22.1. The van der Waals surface area contributed by atoms with Gasteiger partial charge in [0.15, 0.2) is 10.9 Å². The summed E-state index contributed by atoms with van der Waals surface area (Å²) in [6.45, 7) is 6.57. The molecule has 1 aromatic heterocycles. The fourth-order valence-corrected chi connectivity index (χ4v) is 6.22. The molecule has 2 aromatic rings. The summed E-state index contributed by atoms with van der Waals surface area (Å²) in [6, 6.07) is 6.36. The number of rotatable bonds is 5. The second kappa shape index (κ2) is 9.32. The van der Waals surface area contributed by atoms with Crippen molar-refractivity contribution in [3.05, 3.63) is 39.9 Å². The first-order chi connectivity index (χ1) is 15.6. The van der Waals surface area contributed by atoms with Crippen LogP contribution < -0.4 is 5.32 Å². The van der Waals surface area contributed by atoms with Crippen molar-refractivity contribution < 1.29 is 9.59 Å². The summed E-state index contributed by atoms with van der Waals surface area (Å²) in [5.41, 5.74) is 4.52. The van der Waals surface area contributed by atoms with Crippen LogP contribution in [0.1, 0.15) is 65.0 Å². The molecular formula is C25H32N4O2S. The van der Waals surface area contributed by atoms with Gasteiger partial charge in [0.2, 0.25) is 5.91 Å². The van der Waals surface area contributed by atoms with Crippen molar-refractivity contribution in [3.8, 4) is 0 Å². The summed E-state index contributed by atoms with van der Waals surface area (Å²) in [5.74, 6) is 0.889. The van der Waals surface area contributed by atoms with Crippen LogP contribution in [-0.4, -0.2) is 52.7 Å². The highest BCUT2D eigenvalue weighted by atomic mass is 32.1. The van der Waals surface area contributed by atoms with Gasteiger partial charge in [-0.2, -0.15) is 0 Å². The number of aryl methyl sites for hydroxylation is 1. The molecular weight excluding hydrogens is 420 g/mol. The molecule has 7 heteroatoms. The number of anilines is 2. The van der Waals surface area contributed by atoms with Gasteiger partial charge in [-0.3, -0.25) is 14.5 Å². The normalized spacial score (nSPS) is 19.9. The van der Waals surface area contributed by atoms with Crippen LogP contribution in [0.25, 0.3) is 0 Å². The zero-order valence-corrected chi connectivity index (χ0v) is 19.7. The third kappa shape index (κ3) is 4.46. The van der Waals surface area contributed by atoms with Gasteiger partial charge in [0.25, 0.3) is 0 Å². The van der Waals surface area contributed by atoms with Crippen LogP contribution in [0.3, 0.4) is 0 Å². The van der Waals surface area contributed by atoms with E-state index in [1.165, 1.54) is 35.3 Å². The largest absolute Gasteiger partial charge is 0.340 e. The van der Waals surface area contributed by atoms with E-state index in [1.807, 2.05) is 0 Å². The van der Waals surface area contributed by atoms with Gasteiger partial charge in [-0.05, 0) is 49.8 Å². The highest BCUT2D eigenvalue weighted by molar-refractivity contribution is 7.17. The Morgan fingerprint density at radius 2 is 1.91 bits per heavy atom. The maximum Gasteiger partial charge on any atom is 0.225 e. The molecule has 3 aliphatic rings. The van der Waals surface area contributed by atoms with Gasteiger partial charge in [0, 0.05) is 50.7 Å². The number of nitrogens with zero attached hydrogens (tertiary/aromatic N) is 3. The number of benzene rings is 1. The molecule has 0 unspecified atom stereocenters. The second-order valence-corrected chi connectivity index (χ2v) is 10.4. The standard InChI is InChI=1S/C25H32N4O2S/c1-17-19(16-28-12-14-29(15-13-28)24(31)18-6-2-3-7-18)8-4-9-20(17)26-25-27-21-10-5-11-22(30)23(21)32-25/h4,8-9,18H,2-3,5-7,10-16H2,1H3,(H,26,27). The first-order valence-corrected chi connectivity index (χ1v) is 12.8. The summed E-state index contributed by atoms with van der Waals surface area (Å²) >= 11 is 1.48. The molecule has 1 saturated carbocycles. The number of hydrogen-bond acceptors (Lipinski definition) is 6. The first-order valence-electron chi connectivity index (χ1n) is 12.0. The number of piperazine rings is 1. The van der Waals surface area contributed by atoms with Gasteiger partial charge in [-0.1, -0.05) is 36.3 Å². The third-order valence-electron chi connectivity index (χ3n) is 7.24. The molecule has 0 spiro atoms. The molecule has 1 aromatic carbocycles. The molecule has 1 N–H and O–H groups in total. The Kier molecular flexibility index (Phi) is 6.28. The highest BCUT2D eigenvalue weighted by Gasteiger charge is 2.29. The molecule has 1 aliphatic heterocycles. The molecule has 170 valence electrons. The van der Waals surface area contributed by atoms with Gasteiger partial charge in [0.1, 0.15) is 0 Å². The molecule has 0 radical (unpaired) electrons. The quantitative estimate of drug-likeness (QED) is 0.721. The van der Waals surface area contributed by atoms with Crippen molar-refractivity contribution in [1.29, 1.82) is 0 Å². The number of amides is 1. The lowest BCUT2D eigenvalue weighted by molar-refractivity contribution is -0.137. The number of ketones is 1. The van der Waals surface area contributed by atoms with Crippen LogP contribution in [0.15, 0.2) is 18.2 Å². The minimum atomic E-state index is 0.229. The Morgan fingerprint density at radius 1 is 1.12 bits per heavy atom. The Hall–Kier alpha value is -2.25. The maximum atomic E-state index is 12.7. The monoisotopic (exact) mass is 452 g/mol. The highest BCUT2D eigenvalue weighted by Crippen LogP contribution is 2.33. The van der Waals surface area contributed by atoms with E-state index in [9.17, 15) is 9.59 Å². The fourth-order valence-electron chi connectivity index (χ4n) is 5.23. The predicted octanol–water partition coefficient (Wildman–Crippen LogP) is 4.55. The van der Waals surface area contributed by atoms with Crippen LogP contribution in [0.2, 0.25) is 0 Å². The lowest BCUT2D eigenvalue weighted by Crippen LogP contribution is -2.49. The first kappa shape index (κ1) is 21.6. The summed E-state index contributed by atoms with van der Waals surface area (Å²) in [7, 11) is 0. The topological polar surface area (TPSA) is 65.5 Å². The SMILES string of the molecule is Cc1c(CN2CCN(C(=O)C3CCCC3)CC2)cccc1Nc1nc2c(s1)C(=O)CCC2. The maximum absolute atomic E-state index is 12.7. The fraction of sp³-hybridized carbons (Fsp3) is 0.560. The van der Waals surface area contributed by atoms with E-state index in [-0.39, 0.29) is 11.7 Å². The van der Waals surface area contributed by atoms with Crippen molar-refractivity contribution in [2.75, 3.05) is 31.5 Å². The van der Waals surface area contributed by atoms with Crippen LogP contribution in [-0.2, 0) is 17.8 Å². The van der Waals surface area contributed by atoms with Crippen molar-refractivity contribution in [2.24, 2.45) is 5.92 Å². The lowest BCUT2D eigenvalue weighted by atomic mass is 10.0. The number of nitrogens with one attached hydrogen (secondary N) is 1. The lowest BCUT2D eigenvalue weighted by Gasteiger charge is -2.36. The molecule has 1 amide bonds. The zero-order valence-electron chi connectivity index (χ0n) is 18.9. The summed E-state index contributed by atoms with van der Waals surface area (Å²) in [4.78, 5) is 34.9. The van der Waals surface area contributed by atoms with E-state index in [0.29, 0.717) is 12.3 Å². The number of fused-ring (bicyclic) bond motifs is 1. The average molecular weight is 453 g/mol. The van der Waals surface area contributed by atoms with Crippen molar-refractivity contribution in [1.82, 2.24) is 14.8 Å². The summed E-state index contributed by atoms with van der Waals surface area (Å²) < 4.78 is 0. The van der Waals surface area contributed by atoms with Gasteiger partial charge >= 0.3 is 0 Å². The van der Waals surface area contributed by atoms with E-state index < -0.39 is 0 Å². The summed E-state index contributed by atoms with van der Waals surface area (Å²) in [5, 5.41) is 4.27. The van der Waals surface area contributed by atoms with Crippen molar-refractivity contribution in [3.63, 3.8) is 0 Å². The third-order valence-corrected chi connectivity index (χ3v) is 8.29. The Bertz CT molecular complexity index is 1000. The molecule has 6 nitrogen and oxygen atoms in total. The second-order valence-electron chi connectivity index (χ2n) is 9.37. The van der Waals surface area contributed by atoms with E-state index in [1.54, 1.807) is 0 Å². The van der Waals surface area contributed by atoms with E-state index in [4.69, 9.17) is 0 Å². The average Bonchev–Trinajstić information content (AvgIpc) is 3.47. The molecule has 2 aliphatic carbocycles. The molecule has 2 heterocycles. The number of carbonyl (C=O) groups excluding carboxylic acids is 2. The van der Waals surface area contributed by atoms with E-state index in [2.05, 4.69) is 45.2 Å². The van der Waals surface area contributed by atoms with Crippen LogP contribution in [0.4, 0.5) is 10.8 Å². The van der Waals surface area contributed by atoms with Gasteiger partial charge in [0.05, 0.1) is 10.6 Å². The van der Waals surface area contributed by atoms with E-state index in [0.717, 1.165) is 79.8 Å². The van der Waals surface area contributed by atoms with E-state index >= 15 is 0 Å². The number of Topliss-reactive ketones (excluding diaryl/α,β-unsaturated/α-hetero) is 1. The van der Waals surface area contributed by atoms with Gasteiger partial charge in [-0.25, -0.2) is 4.98 Å². The number of thiazole rings is 1. The van der Waals surface area contributed by atoms with Crippen molar-refractivity contribution >= 4 is 33.8 Å². The van der Waals surface area contributed by atoms with Crippen LogP contribution >= 0.6 is 11.3 Å². The molecule has 0 bridgehead atoms. The molecule has 0 atom stereocenters.